The zero-order chi connectivity index (χ0) is 14.1. The van der Waals surface area contributed by atoms with Crippen LogP contribution in [0.3, 0.4) is 0 Å². The van der Waals surface area contributed by atoms with Crippen LogP contribution >= 0.6 is 0 Å². The van der Waals surface area contributed by atoms with E-state index in [9.17, 15) is 9.59 Å². The first-order valence-electron chi connectivity index (χ1n) is 7.93. The van der Waals surface area contributed by atoms with Gasteiger partial charge < -0.3 is 15.3 Å². The van der Waals surface area contributed by atoms with Crippen molar-refractivity contribution in [2.75, 3.05) is 6.54 Å². The molecule has 3 aliphatic rings. The largest absolute Gasteiger partial charge is 0.480 e. The Morgan fingerprint density at radius 2 is 1.80 bits per heavy atom. The number of aliphatic carboxylic acids is 1. The summed E-state index contributed by atoms with van der Waals surface area (Å²) in [4.78, 5) is 25.1. The lowest BCUT2D eigenvalue weighted by atomic mass is 9.77. The standard InChI is InChI=1S/C15H24N2O3/c18-14(19)9-17(11-6-7-11)15(20)13-8-5-10-3-1-2-4-12(10)16-13/h10-13,16H,1-9H2,(H,18,19). The number of carboxylic acids is 1. The maximum atomic E-state index is 12.6. The Hall–Kier alpha value is -1.10. The van der Waals surface area contributed by atoms with Gasteiger partial charge >= 0.3 is 5.97 Å². The van der Waals surface area contributed by atoms with Gasteiger partial charge in [-0.1, -0.05) is 12.8 Å². The maximum Gasteiger partial charge on any atom is 0.323 e. The van der Waals surface area contributed by atoms with Crippen molar-refractivity contribution in [3.8, 4) is 0 Å². The molecule has 0 radical (unpaired) electrons. The van der Waals surface area contributed by atoms with E-state index in [2.05, 4.69) is 5.32 Å². The summed E-state index contributed by atoms with van der Waals surface area (Å²) < 4.78 is 0. The average molecular weight is 280 g/mol. The number of hydrogen-bond donors (Lipinski definition) is 2. The number of carbonyl (C=O) groups is 2. The van der Waals surface area contributed by atoms with Crippen LogP contribution in [-0.2, 0) is 9.59 Å². The van der Waals surface area contributed by atoms with Gasteiger partial charge in [0.25, 0.3) is 0 Å². The minimum absolute atomic E-state index is 0.0129. The number of nitrogens with zero attached hydrogens (tertiary/aromatic N) is 1. The summed E-state index contributed by atoms with van der Waals surface area (Å²) in [6, 6.07) is 0.483. The third-order valence-electron chi connectivity index (χ3n) is 5.02. The molecule has 1 heterocycles. The highest BCUT2D eigenvalue weighted by molar-refractivity contribution is 5.86. The van der Waals surface area contributed by atoms with Gasteiger partial charge in [-0.25, -0.2) is 0 Å². The molecule has 5 nitrogen and oxygen atoms in total. The van der Waals surface area contributed by atoms with Crippen molar-refractivity contribution in [1.82, 2.24) is 10.2 Å². The molecular weight excluding hydrogens is 256 g/mol. The van der Waals surface area contributed by atoms with Crippen LogP contribution in [0.15, 0.2) is 0 Å². The first-order chi connectivity index (χ1) is 9.65. The first-order valence-corrected chi connectivity index (χ1v) is 7.93. The SMILES string of the molecule is O=C(O)CN(C(=O)C1CCC2CCCCC2N1)C1CC1. The van der Waals surface area contributed by atoms with Crippen molar-refractivity contribution in [3.63, 3.8) is 0 Å². The van der Waals surface area contributed by atoms with E-state index in [0.717, 1.165) is 38.0 Å². The van der Waals surface area contributed by atoms with Crippen LogP contribution < -0.4 is 5.32 Å². The normalized spacial score (nSPS) is 33.3. The highest BCUT2D eigenvalue weighted by Crippen LogP contribution is 2.34. The molecule has 2 aliphatic carbocycles. The summed E-state index contributed by atoms with van der Waals surface area (Å²) in [6.07, 6.45) is 8.89. The van der Waals surface area contributed by atoms with Gasteiger partial charge in [0.1, 0.15) is 6.54 Å². The Morgan fingerprint density at radius 3 is 2.50 bits per heavy atom. The van der Waals surface area contributed by atoms with Crippen molar-refractivity contribution in [1.29, 1.82) is 0 Å². The van der Waals surface area contributed by atoms with Crippen molar-refractivity contribution >= 4 is 11.9 Å². The van der Waals surface area contributed by atoms with E-state index in [1.165, 1.54) is 19.3 Å². The molecule has 3 unspecified atom stereocenters. The van der Waals surface area contributed by atoms with Gasteiger partial charge in [-0.2, -0.15) is 0 Å². The zero-order valence-corrected chi connectivity index (χ0v) is 11.9. The van der Waals surface area contributed by atoms with E-state index in [1.54, 1.807) is 4.90 Å². The van der Waals surface area contributed by atoms with Gasteiger partial charge in [0.15, 0.2) is 0 Å². The molecule has 0 bridgehead atoms. The van der Waals surface area contributed by atoms with Crippen LogP contribution in [-0.4, -0.2) is 46.6 Å². The second-order valence-corrected chi connectivity index (χ2v) is 6.54. The van der Waals surface area contributed by atoms with Gasteiger partial charge in [0.05, 0.1) is 6.04 Å². The predicted octanol–water partition coefficient (Wildman–Crippen LogP) is 1.37. The Kier molecular flexibility index (Phi) is 3.96. The molecule has 3 rings (SSSR count). The lowest BCUT2D eigenvalue weighted by Gasteiger charge is -2.41. The van der Waals surface area contributed by atoms with Crippen LogP contribution in [0.2, 0.25) is 0 Å². The van der Waals surface area contributed by atoms with Crippen LogP contribution in [0.5, 0.6) is 0 Å². The van der Waals surface area contributed by atoms with Crippen molar-refractivity contribution in [2.45, 2.75) is 69.5 Å². The van der Waals surface area contributed by atoms with Crippen LogP contribution in [0.4, 0.5) is 0 Å². The highest BCUT2D eigenvalue weighted by Gasteiger charge is 2.40. The maximum absolute atomic E-state index is 12.6. The number of carbonyl (C=O) groups excluding carboxylic acids is 1. The molecule has 112 valence electrons. The average Bonchev–Trinajstić information content (AvgIpc) is 3.28. The molecule has 5 heteroatoms. The van der Waals surface area contributed by atoms with E-state index in [4.69, 9.17) is 5.11 Å². The Balaban J connectivity index is 1.62. The molecule has 0 aromatic heterocycles. The van der Waals surface area contributed by atoms with Gasteiger partial charge in [-0.3, -0.25) is 9.59 Å². The van der Waals surface area contributed by atoms with Gasteiger partial charge in [0, 0.05) is 12.1 Å². The smallest absolute Gasteiger partial charge is 0.323 e. The monoisotopic (exact) mass is 280 g/mol. The second kappa shape index (κ2) is 5.72. The molecule has 1 saturated heterocycles. The summed E-state index contributed by atoms with van der Waals surface area (Å²) in [5.74, 6) is -0.169. The van der Waals surface area contributed by atoms with E-state index >= 15 is 0 Å². The van der Waals surface area contributed by atoms with E-state index in [-0.39, 0.29) is 24.5 Å². The number of nitrogens with one attached hydrogen (secondary N) is 1. The lowest BCUT2D eigenvalue weighted by molar-refractivity contribution is -0.146. The summed E-state index contributed by atoms with van der Waals surface area (Å²) in [6.45, 7) is -0.143. The molecule has 0 aromatic carbocycles. The quantitative estimate of drug-likeness (QED) is 0.816. The molecule has 0 spiro atoms. The van der Waals surface area contributed by atoms with Crippen LogP contribution in [0.25, 0.3) is 0 Å². The number of amides is 1. The minimum Gasteiger partial charge on any atom is -0.480 e. The van der Waals surface area contributed by atoms with E-state index < -0.39 is 5.97 Å². The fourth-order valence-electron chi connectivity index (χ4n) is 3.81. The van der Waals surface area contributed by atoms with E-state index in [0.29, 0.717) is 6.04 Å². The Labute approximate surface area is 119 Å². The first kappa shape index (κ1) is 13.9. The lowest BCUT2D eigenvalue weighted by Crippen LogP contribution is -2.56. The Morgan fingerprint density at radius 1 is 1.05 bits per heavy atom. The zero-order valence-electron chi connectivity index (χ0n) is 11.9. The van der Waals surface area contributed by atoms with Crippen molar-refractivity contribution < 1.29 is 14.7 Å². The van der Waals surface area contributed by atoms with Crippen LogP contribution in [0, 0.1) is 5.92 Å². The number of carboxylic acid groups (broad SMARTS) is 1. The number of hydrogen-bond acceptors (Lipinski definition) is 3. The topological polar surface area (TPSA) is 69.6 Å². The van der Waals surface area contributed by atoms with Crippen molar-refractivity contribution in [2.24, 2.45) is 5.92 Å². The fraction of sp³-hybridized carbons (Fsp3) is 0.867. The van der Waals surface area contributed by atoms with Gasteiger partial charge in [-0.05, 0) is 44.4 Å². The fourth-order valence-corrected chi connectivity index (χ4v) is 3.81. The molecule has 1 amide bonds. The van der Waals surface area contributed by atoms with Crippen molar-refractivity contribution in [3.05, 3.63) is 0 Å². The second-order valence-electron chi connectivity index (χ2n) is 6.54. The summed E-state index contributed by atoms with van der Waals surface area (Å²) >= 11 is 0. The minimum atomic E-state index is -0.906. The van der Waals surface area contributed by atoms with Crippen LogP contribution in [0.1, 0.15) is 51.4 Å². The Bertz CT molecular complexity index is 395. The van der Waals surface area contributed by atoms with E-state index in [1.807, 2.05) is 0 Å². The number of piperidine rings is 1. The summed E-state index contributed by atoms with van der Waals surface area (Å²) in [5.41, 5.74) is 0. The molecule has 3 fully saturated rings. The highest BCUT2D eigenvalue weighted by atomic mass is 16.4. The predicted molar refractivity (Wildman–Crippen MR) is 74.3 cm³/mol. The molecular formula is C15H24N2O3. The third-order valence-corrected chi connectivity index (χ3v) is 5.02. The molecule has 2 N–H and O–H groups in total. The van der Waals surface area contributed by atoms with Gasteiger partial charge in [-0.15, -0.1) is 0 Å². The summed E-state index contributed by atoms with van der Waals surface area (Å²) in [7, 11) is 0. The summed E-state index contributed by atoms with van der Waals surface area (Å²) in [5, 5.41) is 12.5. The third kappa shape index (κ3) is 2.97. The number of rotatable bonds is 4. The molecule has 0 aromatic rings. The molecule has 2 saturated carbocycles. The molecule has 1 aliphatic heterocycles. The number of fused-ring (bicyclic) bond motifs is 1. The molecule has 3 atom stereocenters. The molecule has 20 heavy (non-hydrogen) atoms. The van der Waals surface area contributed by atoms with Gasteiger partial charge in [0.2, 0.25) is 5.91 Å².